The Bertz CT molecular complexity index is 1120. The summed E-state index contributed by atoms with van der Waals surface area (Å²) in [5, 5.41) is 3.09. The van der Waals surface area contributed by atoms with Crippen molar-refractivity contribution >= 4 is 33.2 Å². The average Bonchev–Trinajstić information content (AvgIpc) is 2.74. The molecule has 0 aromatic heterocycles. The second-order valence-electron chi connectivity index (χ2n) is 6.14. The van der Waals surface area contributed by atoms with Gasteiger partial charge in [0.2, 0.25) is 0 Å². The van der Waals surface area contributed by atoms with E-state index in [9.17, 15) is 13.2 Å². The molecule has 0 saturated heterocycles. The molecule has 0 aliphatic rings. The molecule has 0 radical (unpaired) electrons. The molecule has 0 atom stereocenters. The Kier molecular flexibility index (Phi) is 6.41. The van der Waals surface area contributed by atoms with Gasteiger partial charge in [-0.1, -0.05) is 35.9 Å². The molecule has 0 unspecified atom stereocenters. The number of carbonyl (C=O) groups is 1. The van der Waals surface area contributed by atoms with Gasteiger partial charge in [0.15, 0.2) is 0 Å². The number of carbonyl (C=O) groups excluding carboxylic acids is 1. The lowest BCUT2D eigenvalue weighted by Gasteiger charge is -2.10. The quantitative estimate of drug-likeness (QED) is 0.591. The van der Waals surface area contributed by atoms with Crippen LogP contribution in [0.3, 0.4) is 0 Å². The number of hydrogen-bond acceptors (Lipinski definition) is 4. The second kappa shape index (κ2) is 8.98. The molecule has 6 nitrogen and oxygen atoms in total. The van der Waals surface area contributed by atoms with Gasteiger partial charge in [-0.05, 0) is 54.1 Å². The van der Waals surface area contributed by atoms with Crippen LogP contribution in [0.15, 0.2) is 77.7 Å². The van der Waals surface area contributed by atoms with E-state index in [1.165, 1.54) is 24.3 Å². The summed E-state index contributed by atoms with van der Waals surface area (Å²) in [5.41, 5.74) is 1.53. The van der Waals surface area contributed by atoms with E-state index in [0.29, 0.717) is 22.9 Å². The average molecular weight is 431 g/mol. The SMILES string of the molecule is COc1cccc(CNC(=O)c2ccc(S(=O)(=O)Nc3ccccc3Cl)cc2)c1. The molecule has 2 N–H and O–H groups in total. The van der Waals surface area contributed by atoms with Crippen molar-refractivity contribution in [1.82, 2.24) is 5.32 Å². The van der Waals surface area contributed by atoms with Gasteiger partial charge in [-0.2, -0.15) is 0 Å². The van der Waals surface area contributed by atoms with E-state index >= 15 is 0 Å². The number of nitrogens with one attached hydrogen (secondary N) is 2. The fourth-order valence-corrected chi connectivity index (χ4v) is 3.92. The molecule has 1 amide bonds. The summed E-state index contributed by atoms with van der Waals surface area (Å²) in [5.74, 6) is 0.396. The Balaban J connectivity index is 1.67. The van der Waals surface area contributed by atoms with Gasteiger partial charge < -0.3 is 10.1 Å². The van der Waals surface area contributed by atoms with Crippen molar-refractivity contribution in [3.63, 3.8) is 0 Å². The van der Waals surface area contributed by atoms with E-state index in [0.717, 1.165) is 5.56 Å². The van der Waals surface area contributed by atoms with Gasteiger partial charge in [-0.15, -0.1) is 0 Å². The largest absolute Gasteiger partial charge is 0.497 e. The fourth-order valence-electron chi connectivity index (χ4n) is 2.60. The Morgan fingerprint density at radius 3 is 2.41 bits per heavy atom. The maximum atomic E-state index is 12.5. The van der Waals surface area contributed by atoms with Crippen LogP contribution in [0, 0.1) is 0 Å². The molecule has 0 saturated carbocycles. The first-order valence-electron chi connectivity index (χ1n) is 8.67. The van der Waals surface area contributed by atoms with Gasteiger partial charge in [0, 0.05) is 12.1 Å². The molecule has 29 heavy (non-hydrogen) atoms. The third-order valence-electron chi connectivity index (χ3n) is 4.13. The summed E-state index contributed by atoms with van der Waals surface area (Å²) < 4.78 is 32.6. The maximum Gasteiger partial charge on any atom is 0.261 e. The monoisotopic (exact) mass is 430 g/mol. The highest BCUT2D eigenvalue weighted by Crippen LogP contribution is 2.24. The fraction of sp³-hybridized carbons (Fsp3) is 0.0952. The highest BCUT2D eigenvalue weighted by atomic mass is 35.5. The van der Waals surface area contributed by atoms with E-state index in [4.69, 9.17) is 16.3 Å². The number of ether oxygens (including phenoxy) is 1. The van der Waals surface area contributed by atoms with Crippen molar-refractivity contribution in [1.29, 1.82) is 0 Å². The Morgan fingerprint density at radius 1 is 1.00 bits per heavy atom. The molecule has 0 fully saturated rings. The summed E-state index contributed by atoms with van der Waals surface area (Å²) in [6.07, 6.45) is 0. The summed E-state index contributed by atoms with van der Waals surface area (Å²) in [7, 11) is -2.24. The van der Waals surface area contributed by atoms with Crippen molar-refractivity contribution < 1.29 is 17.9 Å². The Morgan fingerprint density at radius 2 is 1.72 bits per heavy atom. The minimum Gasteiger partial charge on any atom is -0.497 e. The number of halogens is 1. The first-order chi connectivity index (χ1) is 13.9. The van der Waals surface area contributed by atoms with Crippen molar-refractivity contribution in [2.45, 2.75) is 11.4 Å². The van der Waals surface area contributed by atoms with Crippen LogP contribution in [0.25, 0.3) is 0 Å². The molecule has 3 aromatic rings. The zero-order chi connectivity index (χ0) is 20.9. The number of sulfonamides is 1. The Labute approximate surface area is 174 Å². The van der Waals surface area contributed by atoms with Crippen LogP contribution < -0.4 is 14.8 Å². The molecule has 0 bridgehead atoms. The van der Waals surface area contributed by atoms with Crippen LogP contribution in [0.1, 0.15) is 15.9 Å². The van der Waals surface area contributed by atoms with Crippen LogP contribution in [-0.4, -0.2) is 21.4 Å². The first-order valence-corrected chi connectivity index (χ1v) is 10.5. The van der Waals surface area contributed by atoms with Gasteiger partial charge >= 0.3 is 0 Å². The van der Waals surface area contributed by atoms with E-state index in [2.05, 4.69) is 10.0 Å². The van der Waals surface area contributed by atoms with Gasteiger partial charge in [0.1, 0.15) is 5.75 Å². The van der Waals surface area contributed by atoms with Gasteiger partial charge in [-0.3, -0.25) is 9.52 Å². The zero-order valence-electron chi connectivity index (χ0n) is 15.6. The molecule has 0 aliphatic heterocycles. The maximum absolute atomic E-state index is 12.5. The number of rotatable bonds is 7. The summed E-state index contributed by atoms with van der Waals surface area (Å²) >= 11 is 6.00. The topological polar surface area (TPSA) is 84.5 Å². The molecule has 0 heterocycles. The molecule has 0 spiro atoms. The van der Waals surface area contributed by atoms with Crippen LogP contribution >= 0.6 is 11.6 Å². The predicted octanol–water partition coefficient (Wildman–Crippen LogP) is 4.08. The van der Waals surface area contributed by atoms with E-state index in [1.807, 2.05) is 24.3 Å². The standard InChI is InChI=1S/C21H19ClN2O4S/c1-28-17-6-4-5-15(13-17)14-23-21(25)16-9-11-18(12-10-16)29(26,27)24-20-8-3-2-7-19(20)22/h2-13,24H,14H2,1H3,(H,23,25). The van der Waals surface area contributed by atoms with Crippen LogP contribution in [-0.2, 0) is 16.6 Å². The van der Waals surface area contributed by atoms with Crippen molar-refractivity contribution in [2.75, 3.05) is 11.8 Å². The summed E-state index contributed by atoms with van der Waals surface area (Å²) in [6.45, 7) is 0.324. The molecule has 3 rings (SSSR count). The van der Waals surface area contributed by atoms with E-state index < -0.39 is 10.0 Å². The first kappa shape index (κ1) is 20.7. The van der Waals surface area contributed by atoms with Gasteiger partial charge in [0.25, 0.3) is 15.9 Å². The van der Waals surface area contributed by atoms with E-state index in [-0.39, 0.29) is 16.5 Å². The third-order valence-corrected chi connectivity index (χ3v) is 5.84. The number of methoxy groups -OCH3 is 1. The van der Waals surface area contributed by atoms with Crippen LogP contribution in [0.4, 0.5) is 5.69 Å². The van der Waals surface area contributed by atoms with Crippen molar-refractivity contribution in [3.05, 3.63) is 88.9 Å². The highest BCUT2D eigenvalue weighted by molar-refractivity contribution is 7.92. The minimum absolute atomic E-state index is 0.0294. The molecule has 3 aromatic carbocycles. The summed E-state index contributed by atoms with van der Waals surface area (Å²) in [6, 6.07) is 19.6. The molecular formula is C21H19ClN2O4S. The zero-order valence-corrected chi connectivity index (χ0v) is 17.1. The lowest BCUT2D eigenvalue weighted by Crippen LogP contribution is -2.23. The van der Waals surface area contributed by atoms with Crippen LogP contribution in [0.2, 0.25) is 5.02 Å². The number of hydrogen-bond donors (Lipinski definition) is 2. The lowest BCUT2D eigenvalue weighted by atomic mass is 10.2. The molecular weight excluding hydrogens is 412 g/mol. The Hall–Kier alpha value is -3.03. The van der Waals surface area contributed by atoms with Crippen molar-refractivity contribution in [3.8, 4) is 5.75 Å². The number of para-hydroxylation sites is 1. The van der Waals surface area contributed by atoms with E-state index in [1.54, 1.807) is 31.4 Å². The van der Waals surface area contributed by atoms with Crippen molar-refractivity contribution in [2.24, 2.45) is 0 Å². The predicted molar refractivity (Wildman–Crippen MR) is 113 cm³/mol. The highest BCUT2D eigenvalue weighted by Gasteiger charge is 2.16. The molecule has 8 heteroatoms. The number of amides is 1. The molecule has 0 aliphatic carbocycles. The third kappa shape index (κ3) is 5.28. The van der Waals surface area contributed by atoms with Gasteiger partial charge in [0.05, 0.1) is 22.7 Å². The second-order valence-corrected chi connectivity index (χ2v) is 8.23. The normalized spacial score (nSPS) is 11.0. The molecule has 150 valence electrons. The van der Waals surface area contributed by atoms with Crippen LogP contribution in [0.5, 0.6) is 5.75 Å². The summed E-state index contributed by atoms with van der Waals surface area (Å²) in [4.78, 5) is 12.4. The smallest absolute Gasteiger partial charge is 0.261 e. The number of benzene rings is 3. The van der Waals surface area contributed by atoms with Gasteiger partial charge in [-0.25, -0.2) is 8.42 Å². The number of anilines is 1. The minimum atomic E-state index is -3.82. The lowest BCUT2D eigenvalue weighted by molar-refractivity contribution is 0.0950.